The van der Waals surface area contributed by atoms with Crippen molar-refractivity contribution in [3.05, 3.63) is 29.6 Å². The number of rotatable bonds is 4. The van der Waals surface area contributed by atoms with Gasteiger partial charge in [-0.2, -0.15) is 0 Å². The number of nitrogens with zero attached hydrogens (tertiary/aromatic N) is 3. The summed E-state index contributed by atoms with van der Waals surface area (Å²) >= 11 is 0. The van der Waals surface area contributed by atoms with Gasteiger partial charge in [0.15, 0.2) is 0 Å². The number of aromatic nitrogens is 2. The van der Waals surface area contributed by atoms with E-state index < -0.39 is 0 Å². The highest BCUT2D eigenvalue weighted by molar-refractivity contribution is 5.85. The Labute approximate surface area is 161 Å². The SMILES string of the molecule is Cc1ccnc2c1c(CCC(=O)N1CCCC3CCCCC31)cn2C1CC1. The highest BCUT2D eigenvalue weighted by Crippen LogP contribution is 2.39. The summed E-state index contributed by atoms with van der Waals surface area (Å²) in [5.41, 5.74) is 3.71. The van der Waals surface area contributed by atoms with Crippen LogP contribution in [-0.4, -0.2) is 32.9 Å². The Kier molecular flexibility index (Phi) is 4.45. The molecule has 0 aromatic carbocycles. The summed E-state index contributed by atoms with van der Waals surface area (Å²) in [5.74, 6) is 1.14. The van der Waals surface area contributed by atoms with Crippen LogP contribution in [0.5, 0.6) is 0 Å². The topological polar surface area (TPSA) is 38.1 Å². The largest absolute Gasteiger partial charge is 0.339 e. The molecule has 2 aromatic rings. The van der Waals surface area contributed by atoms with Gasteiger partial charge in [-0.05, 0) is 75.0 Å². The molecule has 3 aliphatic rings. The van der Waals surface area contributed by atoms with Gasteiger partial charge in [0.2, 0.25) is 5.91 Å². The molecule has 27 heavy (non-hydrogen) atoms. The molecule has 2 aliphatic carbocycles. The molecule has 2 unspecified atom stereocenters. The highest BCUT2D eigenvalue weighted by Gasteiger charge is 2.35. The molecule has 2 saturated carbocycles. The maximum atomic E-state index is 13.1. The monoisotopic (exact) mass is 365 g/mol. The van der Waals surface area contributed by atoms with Crippen molar-refractivity contribution in [2.75, 3.05) is 6.54 Å². The second-order valence-electron chi connectivity index (χ2n) is 8.96. The first-order valence-electron chi connectivity index (χ1n) is 11.0. The van der Waals surface area contributed by atoms with Gasteiger partial charge in [-0.15, -0.1) is 0 Å². The minimum Gasteiger partial charge on any atom is -0.339 e. The molecule has 1 saturated heterocycles. The molecule has 4 heteroatoms. The van der Waals surface area contributed by atoms with E-state index in [2.05, 4.69) is 33.6 Å². The quantitative estimate of drug-likeness (QED) is 0.781. The molecule has 5 rings (SSSR count). The van der Waals surface area contributed by atoms with Gasteiger partial charge in [-0.25, -0.2) is 4.98 Å². The molecule has 1 aliphatic heterocycles. The fraction of sp³-hybridized carbons (Fsp3) is 0.652. The molecule has 3 fully saturated rings. The van der Waals surface area contributed by atoms with E-state index in [4.69, 9.17) is 0 Å². The molecule has 2 atom stereocenters. The molecular weight excluding hydrogens is 334 g/mol. The van der Waals surface area contributed by atoms with Crippen LogP contribution in [-0.2, 0) is 11.2 Å². The normalized spacial score (nSPS) is 25.6. The summed E-state index contributed by atoms with van der Waals surface area (Å²) in [6.07, 6.45) is 15.9. The number of carbonyl (C=O) groups excluding carboxylic acids is 1. The summed E-state index contributed by atoms with van der Waals surface area (Å²) in [7, 11) is 0. The molecule has 0 spiro atoms. The molecule has 2 aromatic heterocycles. The van der Waals surface area contributed by atoms with Gasteiger partial charge in [0.1, 0.15) is 5.65 Å². The number of amides is 1. The summed E-state index contributed by atoms with van der Waals surface area (Å²) in [6.45, 7) is 3.15. The lowest BCUT2D eigenvalue weighted by atomic mass is 9.78. The minimum absolute atomic E-state index is 0.375. The molecule has 144 valence electrons. The third-order valence-electron chi connectivity index (χ3n) is 7.11. The van der Waals surface area contributed by atoms with Crippen LogP contribution in [0.4, 0.5) is 0 Å². The van der Waals surface area contributed by atoms with Crippen molar-refractivity contribution in [2.45, 2.75) is 83.2 Å². The van der Waals surface area contributed by atoms with E-state index in [0.29, 0.717) is 24.4 Å². The number of fused-ring (bicyclic) bond motifs is 2. The lowest BCUT2D eigenvalue weighted by Gasteiger charge is -2.44. The summed E-state index contributed by atoms with van der Waals surface area (Å²) in [4.78, 5) is 20.0. The van der Waals surface area contributed by atoms with Crippen molar-refractivity contribution in [1.82, 2.24) is 14.5 Å². The predicted molar refractivity (Wildman–Crippen MR) is 108 cm³/mol. The van der Waals surface area contributed by atoms with E-state index in [-0.39, 0.29) is 0 Å². The second kappa shape index (κ2) is 6.96. The van der Waals surface area contributed by atoms with Gasteiger partial charge in [-0.3, -0.25) is 4.79 Å². The molecule has 3 heterocycles. The van der Waals surface area contributed by atoms with Crippen molar-refractivity contribution in [1.29, 1.82) is 0 Å². The number of carbonyl (C=O) groups is 1. The van der Waals surface area contributed by atoms with Crippen LogP contribution in [0.3, 0.4) is 0 Å². The van der Waals surface area contributed by atoms with Crippen LogP contribution in [0.2, 0.25) is 0 Å². The van der Waals surface area contributed by atoms with E-state index in [1.807, 2.05) is 6.20 Å². The third kappa shape index (κ3) is 3.17. The first-order chi connectivity index (χ1) is 13.2. The summed E-state index contributed by atoms with van der Waals surface area (Å²) < 4.78 is 2.36. The standard InChI is InChI=1S/C23H31N3O/c1-16-12-13-24-23-22(16)18(15-26(23)19-9-10-19)8-11-21(27)25-14-4-6-17-5-2-3-7-20(17)25/h12-13,15,17,19-20H,2-11,14H2,1H3. The zero-order valence-electron chi connectivity index (χ0n) is 16.5. The van der Waals surface area contributed by atoms with Crippen LogP contribution in [0, 0.1) is 12.8 Å². The Morgan fingerprint density at radius 3 is 2.81 bits per heavy atom. The van der Waals surface area contributed by atoms with E-state index in [0.717, 1.165) is 24.5 Å². The first-order valence-corrected chi connectivity index (χ1v) is 11.0. The number of piperidine rings is 1. The third-order valence-corrected chi connectivity index (χ3v) is 7.11. The number of aryl methyl sites for hydroxylation is 2. The van der Waals surface area contributed by atoms with Crippen LogP contribution >= 0.6 is 0 Å². The zero-order valence-corrected chi connectivity index (χ0v) is 16.5. The fourth-order valence-corrected chi connectivity index (χ4v) is 5.57. The lowest BCUT2D eigenvalue weighted by Crippen LogP contribution is -2.49. The smallest absolute Gasteiger partial charge is 0.223 e. The Morgan fingerprint density at radius 1 is 1.15 bits per heavy atom. The molecule has 0 radical (unpaired) electrons. The van der Waals surface area contributed by atoms with Gasteiger partial charge in [-0.1, -0.05) is 12.8 Å². The lowest BCUT2D eigenvalue weighted by molar-refractivity contribution is -0.137. The highest BCUT2D eigenvalue weighted by atomic mass is 16.2. The van der Waals surface area contributed by atoms with E-state index in [1.54, 1.807) is 0 Å². The van der Waals surface area contributed by atoms with Crippen molar-refractivity contribution < 1.29 is 4.79 Å². The number of likely N-dealkylation sites (tertiary alicyclic amines) is 1. The number of hydrogen-bond acceptors (Lipinski definition) is 2. The number of hydrogen-bond donors (Lipinski definition) is 0. The molecule has 0 N–H and O–H groups in total. The maximum Gasteiger partial charge on any atom is 0.223 e. The van der Waals surface area contributed by atoms with Crippen LogP contribution in [0.15, 0.2) is 18.5 Å². The Balaban J connectivity index is 1.34. The van der Waals surface area contributed by atoms with Gasteiger partial charge in [0.05, 0.1) is 0 Å². The Bertz CT molecular complexity index is 849. The van der Waals surface area contributed by atoms with Gasteiger partial charge in [0, 0.05) is 42.8 Å². The second-order valence-corrected chi connectivity index (χ2v) is 8.96. The minimum atomic E-state index is 0.375. The van der Waals surface area contributed by atoms with E-state index in [1.165, 1.54) is 67.9 Å². The maximum absolute atomic E-state index is 13.1. The van der Waals surface area contributed by atoms with Crippen molar-refractivity contribution in [2.24, 2.45) is 5.92 Å². The number of pyridine rings is 1. The molecule has 1 amide bonds. The molecule has 4 nitrogen and oxygen atoms in total. The van der Waals surface area contributed by atoms with Crippen molar-refractivity contribution in [3.63, 3.8) is 0 Å². The van der Waals surface area contributed by atoms with Crippen LogP contribution in [0.1, 0.15) is 75.0 Å². The molecular formula is C23H31N3O. The summed E-state index contributed by atoms with van der Waals surface area (Å²) in [6, 6.07) is 3.25. The van der Waals surface area contributed by atoms with Gasteiger partial charge in [0.25, 0.3) is 0 Å². The zero-order chi connectivity index (χ0) is 18.4. The average molecular weight is 366 g/mol. The Hall–Kier alpha value is -1.84. The predicted octanol–water partition coefficient (Wildman–Crippen LogP) is 4.79. The average Bonchev–Trinajstić information content (AvgIpc) is 3.47. The van der Waals surface area contributed by atoms with Crippen LogP contribution in [0.25, 0.3) is 11.0 Å². The Morgan fingerprint density at radius 2 is 1.96 bits per heavy atom. The summed E-state index contributed by atoms with van der Waals surface area (Å²) in [5, 5.41) is 1.28. The first kappa shape index (κ1) is 17.3. The van der Waals surface area contributed by atoms with Crippen molar-refractivity contribution in [3.8, 4) is 0 Å². The van der Waals surface area contributed by atoms with E-state index >= 15 is 0 Å². The van der Waals surface area contributed by atoms with Gasteiger partial charge >= 0.3 is 0 Å². The van der Waals surface area contributed by atoms with E-state index in [9.17, 15) is 4.79 Å². The fourth-order valence-electron chi connectivity index (χ4n) is 5.57. The van der Waals surface area contributed by atoms with Gasteiger partial charge < -0.3 is 9.47 Å². The molecule has 0 bridgehead atoms. The van der Waals surface area contributed by atoms with Crippen LogP contribution < -0.4 is 0 Å². The van der Waals surface area contributed by atoms with Crippen molar-refractivity contribution >= 4 is 16.9 Å².